The lowest BCUT2D eigenvalue weighted by molar-refractivity contribution is -0.237. The lowest BCUT2D eigenvalue weighted by atomic mass is 9.70. The van der Waals surface area contributed by atoms with Crippen LogP contribution < -0.4 is 15.4 Å². The quantitative estimate of drug-likeness (QED) is 0.0980. The summed E-state index contributed by atoms with van der Waals surface area (Å²) in [7, 11) is 2.20. The first-order chi connectivity index (χ1) is 37.5. The number of anilines is 1. The van der Waals surface area contributed by atoms with Gasteiger partial charge in [0.2, 0.25) is 0 Å². The number of ether oxygens (including phenoxy) is 4. The van der Waals surface area contributed by atoms with E-state index in [0.717, 1.165) is 93.0 Å². The van der Waals surface area contributed by atoms with Gasteiger partial charge in [0, 0.05) is 59.7 Å². The first-order valence-electron chi connectivity index (χ1n) is 32.6. The number of benzene rings is 1. The summed E-state index contributed by atoms with van der Waals surface area (Å²) in [5, 5.41) is 0. The van der Waals surface area contributed by atoms with Crippen molar-refractivity contribution in [3.05, 3.63) is 41.6 Å². The van der Waals surface area contributed by atoms with E-state index < -0.39 is 0 Å². The molecule has 468 valence electrons. The van der Waals surface area contributed by atoms with Crippen molar-refractivity contribution in [2.45, 2.75) is 304 Å². The van der Waals surface area contributed by atoms with Gasteiger partial charge in [0.1, 0.15) is 18.1 Å². The number of aryl methyl sites for hydroxylation is 1. The topological polar surface area (TPSA) is 104 Å². The largest absolute Gasteiger partial charge is 0.489 e. The van der Waals surface area contributed by atoms with E-state index in [1.54, 1.807) is 13.8 Å². The predicted octanol–water partition coefficient (Wildman–Crippen LogP) is 18.4. The Morgan fingerprint density at radius 1 is 0.912 bits per heavy atom. The van der Waals surface area contributed by atoms with Crippen LogP contribution in [0.2, 0.25) is 0 Å². The number of nitrogens with two attached hydrogens (primary N) is 1. The monoisotopic (exact) mass is 1140 g/mol. The highest BCUT2D eigenvalue weighted by Crippen LogP contribution is 2.49. The molecule has 0 spiro atoms. The van der Waals surface area contributed by atoms with Gasteiger partial charge in [0.15, 0.2) is 12.1 Å². The van der Waals surface area contributed by atoms with Gasteiger partial charge in [-0.2, -0.15) is 12.6 Å². The van der Waals surface area contributed by atoms with Gasteiger partial charge in [-0.1, -0.05) is 156 Å². The number of thiol groups is 1. The van der Waals surface area contributed by atoms with Gasteiger partial charge < -0.3 is 34.5 Å². The number of likely N-dealkylation sites (N-methyl/N-ethyl adjacent to an activating group) is 1. The maximum Gasteiger partial charge on any atom is 0.161 e. The van der Waals surface area contributed by atoms with Crippen LogP contribution in [0.5, 0.6) is 5.75 Å². The molecule has 0 amide bonds. The Bertz CT molecular complexity index is 1950. The summed E-state index contributed by atoms with van der Waals surface area (Å²) < 4.78 is 24.6. The Morgan fingerprint density at radius 2 is 1.51 bits per heavy atom. The molecule has 5 rings (SSSR count). The number of nitrogens with zero attached hydrogens (tertiary/aromatic N) is 2. The fourth-order valence-corrected chi connectivity index (χ4v) is 12.8. The number of hydrogen-bond donors (Lipinski definition) is 2. The van der Waals surface area contributed by atoms with Gasteiger partial charge >= 0.3 is 0 Å². The van der Waals surface area contributed by atoms with Gasteiger partial charge in [0.25, 0.3) is 0 Å². The molecular weight excluding hydrogens is 1010 g/mol. The van der Waals surface area contributed by atoms with Crippen molar-refractivity contribution in [1.29, 1.82) is 0 Å². The molecule has 1 aromatic carbocycles. The van der Waals surface area contributed by atoms with Crippen LogP contribution in [-0.4, -0.2) is 90.2 Å². The molecular formula is C70H131N3O6S. The zero-order valence-electron chi connectivity index (χ0n) is 57.1. The number of rotatable bonds is 24. The summed E-state index contributed by atoms with van der Waals surface area (Å²) in [6.45, 7) is 60.0. The Kier molecular flexibility index (Phi) is 36.9. The van der Waals surface area contributed by atoms with Crippen LogP contribution >= 0.6 is 12.6 Å². The van der Waals surface area contributed by atoms with Gasteiger partial charge in [-0.15, -0.1) is 0 Å². The summed E-state index contributed by atoms with van der Waals surface area (Å²) in [6.07, 6.45) is 17.1. The van der Waals surface area contributed by atoms with E-state index in [0.29, 0.717) is 47.5 Å². The van der Waals surface area contributed by atoms with Crippen molar-refractivity contribution in [3.63, 3.8) is 0 Å². The highest BCUT2D eigenvalue weighted by molar-refractivity contribution is 7.81. The minimum absolute atomic E-state index is 0.0220. The third-order valence-electron chi connectivity index (χ3n) is 18.1. The maximum atomic E-state index is 12.3. The van der Waals surface area contributed by atoms with E-state index in [2.05, 4.69) is 146 Å². The molecule has 1 aromatic rings. The van der Waals surface area contributed by atoms with Gasteiger partial charge in [-0.25, -0.2) is 0 Å². The van der Waals surface area contributed by atoms with Crippen LogP contribution in [-0.2, 0) is 30.2 Å². The van der Waals surface area contributed by atoms with Crippen molar-refractivity contribution >= 4 is 35.5 Å². The highest BCUT2D eigenvalue weighted by atomic mass is 32.1. The van der Waals surface area contributed by atoms with Crippen LogP contribution in [0.25, 0.3) is 5.57 Å². The van der Waals surface area contributed by atoms with Gasteiger partial charge in [0.05, 0.1) is 29.5 Å². The molecule has 0 saturated carbocycles. The number of carbonyl (C=O) groups is 2. The SMILES string of the molecule is C=C1C(C(C)=O)=CN2c3c(cc(CCCC)cc31)OCC2(C)C.CC.CC.CC.CCC1CC(C)OC(O[C@H]([C@@H](C)[C@H](C)C(C)C(C)=O)[C@](C)(S)C[C@@H](C)CN(C)C(C)[C@H](N)C[C@H](C)CC)C1.CCCC[C@H]1C(C)OCCC1(C)C. The molecule has 2 saturated heterocycles. The highest BCUT2D eigenvalue weighted by Gasteiger charge is 2.44. The van der Waals surface area contributed by atoms with E-state index in [-0.39, 0.29) is 64.1 Å². The van der Waals surface area contributed by atoms with Crippen molar-refractivity contribution < 1.29 is 28.5 Å². The number of allylic oxidation sites excluding steroid dienone is 2. The zero-order chi connectivity index (χ0) is 62.0. The molecule has 0 bridgehead atoms. The Morgan fingerprint density at radius 3 is 2.04 bits per heavy atom. The summed E-state index contributed by atoms with van der Waals surface area (Å²) in [5.74, 6) is 3.96. The zero-order valence-corrected chi connectivity index (χ0v) is 58.0. The van der Waals surface area contributed by atoms with E-state index >= 15 is 0 Å². The summed E-state index contributed by atoms with van der Waals surface area (Å²) in [6, 6.07) is 4.83. The second kappa shape index (κ2) is 38.0. The van der Waals surface area contributed by atoms with Crippen LogP contribution in [0.4, 0.5) is 5.69 Å². The van der Waals surface area contributed by atoms with Crippen molar-refractivity contribution in [2.24, 2.45) is 52.6 Å². The van der Waals surface area contributed by atoms with Crippen LogP contribution in [0, 0.1) is 46.8 Å². The molecule has 4 heterocycles. The molecule has 2 fully saturated rings. The van der Waals surface area contributed by atoms with E-state index in [4.69, 9.17) is 37.3 Å². The van der Waals surface area contributed by atoms with E-state index in [1.807, 2.05) is 54.7 Å². The minimum Gasteiger partial charge on any atom is -0.489 e. The van der Waals surface area contributed by atoms with Gasteiger partial charge in [-0.3, -0.25) is 9.59 Å². The maximum absolute atomic E-state index is 12.3. The lowest BCUT2D eigenvalue weighted by Gasteiger charge is -2.46. The second-order valence-electron chi connectivity index (χ2n) is 25.8. The lowest BCUT2D eigenvalue weighted by Crippen LogP contribution is -2.50. The van der Waals surface area contributed by atoms with Crippen molar-refractivity contribution in [2.75, 3.05) is 31.7 Å². The predicted molar refractivity (Wildman–Crippen MR) is 351 cm³/mol. The fourth-order valence-electron chi connectivity index (χ4n) is 12.2. The number of unbranched alkanes of at least 4 members (excludes halogenated alkanes) is 2. The van der Waals surface area contributed by atoms with Crippen molar-refractivity contribution in [1.82, 2.24) is 4.90 Å². The number of hydrogen-bond acceptors (Lipinski definition) is 10. The first kappa shape index (κ1) is 77.8. The number of Topliss-reactive ketones (excluding diaryl/α,β-unsaturated/α-hetero) is 2. The molecule has 4 aliphatic rings. The third-order valence-corrected chi connectivity index (χ3v) is 18.6. The average molecular weight is 1140 g/mol. The molecule has 10 heteroatoms. The summed E-state index contributed by atoms with van der Waals surface area (Å²) >= 11 is 5.31. The normalized spacial score (nSPS) is 24.4. The summed E-state index contributed by atoms with van der Waals surface area (Å²) in [5.41, 5.74) is 11.8. The second-order valence-corrected chi connectivity index (χ2v) is 26.8. The minimum atomic E-state index is -0.377. The van der Waals surface area contributed by atoms with Crippen LogP contribution in [0.15, 0.2) is 30.5 Å². The van der Waals surface area contributed by atoms with E-state index in [1.165, 1.54) is 37.7 Å². The fraction of sp³-hybridized carbons (Fsp3) is 0.829. The average Bonchev–Trinajstić information content (AvgIpc) is 3.41. The number of ketones is 2. The van der Waals surface area contributed by atoms with Crippen LogP contribution in [0.1, 0.15) is 261 Å². The molecule has 6 unspecified atom stereocenters. The number of carbonyl (C=O) groups excluding carboxylic acids is 2. The molecule has 9 nitrogen and oxygen atoms in total. The van der Waals surface area contributed by atoms with Crippen molar-refractivity contribution in [3.8, 4) is 5.75 Å². The molecule has 0 radical (unpaired) electrons. The standard InChI is InChI=1S/C32H64N2O3S.C20H25NO2.C12H24O.3C2H6/c1-13-20(3)15-29(33)26(9)34(12)19-21(4)18-32(11,38)31(25(8)23(6)24(7)27(10)35)37-30-17-28(14-2)16-22(5)36-30;1-6-7-8-15-9-16-13(2)17(14(3)22)11-21-19(16)18(10-15)23-12-20(21,4)5;1-5-6-7-11-10(2)13-9-8-12(11,3)4;3*1-2/h20-26,28-31,38H,13-19,33H2,1-12H3;9-11H,2,6-8,12H2,1,3-5H3;10-11H,5-9H2,1-4H3;3*1-2H3/t20-,21-,22?,23-,24?,25+,26?,28?,29-,30?,31-,32-;;10?,11-;;;/m1.0.../s1. The smallest absolute Gasteiger partial charge is 0.161 e. The molecule has 0 aromatic heterocycles. The summed E-state index contributed by atoms with van der Waals surface area (Å²) in [4.78, 5) is 29.0. The Balaban J connectivity index is 0.00000124. The molecule has 14 atom stereocenters. The molecule has 4 aliphatic heterocycles. The molecule has 2 N–H and O–H groups in total. The van der Waals surface area contributed by atoms with Gasteiger partial charge in [-0.05, 0) is 172 Å². The van der Waals surface area contributed by atoms with E-state index in [9.17, 15) is 9.59 Å². The molecule has 80 heavy (non-hydrogen) atoms. The first-order valence-corrected chi connectivity index (χ1v) is 33.0. The third kappa shape index (κ3) is 23.7. The Labute approximate surface area is 501 Å². The van der Waals surface area contributed by atoms with Crippen LogP contribution in [0.3, 0.4) is 0 Å². The Hall–Kier alpha value is -2.21. The molecule has 0 aliphatic carbocycles.